The summed E-state index contributed by atoms with van der Waals surface area (Å²) in [5.74, 6) is 1.04. The van der Waals surface area contributed by atoms with Gasteiger partial charge in [0.1, 0.15) is 12.4 Å². The van der Waals surface area contributed by atoms with E-state index in [0.29, 0.717) is 36.0 Å². The summed E-state index contributed by atoms with van der Waals surface area (Å²) < 4.78 is 24.0. The number of hydrazone groups is 1. The monoisotopic (exact) mass is 764 g/mol. The first kappa shape index (κ1) is 30.7. The molecule has 0 bridgehead atoms. The van der Waals surface area contributed by atoms with Crippen molar-refractivity contribution in [3.8, 4) is 17.2 Å². The average Bonchev–Trinajstić information content (AvgIpc) is 2.89. The van der Waals surface area contributed by atoms with E-state index in [9.17, 15) is 14.7 Å². The lowest BCUT2D eigenvalue weighted by molar-refractivity contribution is -0.136. The molecule has 0 unspecified atom stereocenters. The largest absolute Gasteiger partial charge is 0.492 e. The van der Waals surface area contributed by atoms with Crippen LogP contribution < -0.4 is 30.3 Å². The third kappa shape index (κ3) is 8.11. The lowest BCUT2D eigenvalue weighted by Gasteiger charge is -2.28. The summed E-state index contributed by atoms with van der Waals surface area (Å²) >= 11 is 4.42. The number of halogens is 2. The molecule has 2 aromatic rings. The van der Waals surface area contributed by atoms with Crippen LogP contribution in [0.3, 0.4) is 0 Å². The fourth-order valence-electron chi connectivity index (χ4n) is 3.76. The van der Waals surface area contributed by atoms with Crippen LogP contribution in [0, 0.1) is 7.14 Å². The van der Waals surface area contributed by atoms with E-state index in [0.717, 1.165) is 18.5 Å². The lowest BCUT2D eigenvalue weighted by Crippen LogP contribution is -2.45. The van der Waals surface area contributed by atoms with Crippen molar-refractivity contribution in [1.29, 1.82) is 0 Å². The highest BCUT2D eigenvalue weighted by Crippen LogP contribution is 2.35. The molecule has 2 amide bonds. The predicted octanol–water partition coefficient (Wildman–Crippen LogP) is 3.82. The Morgan fingerprint density at radius 3 is 2.46 bits per heavy atom. The minimum Gasteiger partial charge on any atom is -0.492 e. The number of aliphatic hydroxyl groups excluding tert-OH is 1. The summed E-state index contributed by atoms with van der Waals surface area (Å²) in [5.41, 5.74) is 4.77. The van der Waals surface area contributed by atoms with Crippen molar-refractivity contribution in [2.45, 2.75) is 33.0 Å². The minimum absolute atomic E-state index is 0.119. The number of hydrogen-bond acceptors (Lipinski definition) is 9. The Balaban J connectivity index is 1.69. The number of amides is 2. The number of methoxy groups -OCH3 is 1. The zero-order chi connectivity index (χ0) is 28.5. The van der Waals surface area contributed by atoms with Gasteiger partial charge in [-0.1, -0.05) is 6.07 Å². The quantitative estimate of drug-likeness (QED) is 0.0843. The van der Waals surface area contributed by atoms with E-state index in [1.54, 1.807) is 31.3 Å². The highest BCUT2D eigenvalue weighted by Gasteiger charge is 2.32. The zero-order valence-corrected chi connectivity index (χ0v) is 26.2. The number of urea groups is 1. The third-order valence-electron chi connectivity index (χ3n) is 5.42. The van der Waals surface area contributed by atoms with Gasteiger partial charge in [-0.05, 0) is 101 Å². The van der Waals surface area contributed by atoms with Crippen LogP contribution in [-0.4, -0.2) is 56.5 Å². The molecule has 0 fully saturated rings. The van der Waals surface area contributed by atoms with Crippen LogP contribution in [-0.2, 0) is 9.53 Å². The van der Waals surface area contributed by atoms with Crippen LogP contribution >= 0.6 is 45.2 Å². The molecule has 4 N–H and O–H groups in total. The Morgan fingerprint density at radius 1 is 1.13 bits per heavy atom. The van der Waals surface area contributed by atoms with Crippen LogP contribution in [0.4, 0.5) is 4.79 Å². The van der Waals surface area contributed by atoms with Gasteiger partial charge in [-0.25, -0.2) is 9.59 Å². The molecule has 1 aliphatic rings. The second-order valence-corrected chi connectivity index (χ2v) is 10.5. The van der Waals surface area contributed by atoms with Crippen LogP contribution in [0.2, 0.25) is 0 Å². The molecule has 0 radical (unpaired) electrons. The van der Waals surface area contributed by atoms with E-state index >= 15 is 0 Å². The van der Waals surface area contributed by atoms with Crippen LogP contribution in [0.1, 0.15) is 37.9 Å². The molecular formula is C26H30I2N4O7. The van der Waals surface area contributed by atoms with Crippen molar-refractivity contribution in [3.63, 3.8) is 0 Å². The second kappa shape index (κ2) is 14.6. The standard InChI is InChI=1S/C26H30I2N4O7/c1-5-37-20-11-16(23-22(25(34)36-4)14(3)30-26(35)31-23)7-8-19(20)39-13-21(33)32-29-12-15-9-17(27)24(38-6-2)18(28)10-15/h7-12,21,23,32-33H,5-6,13H2,1-4H3,(H2,30,31,35)/b29-12-/t21-,23+/m1/s1. The van der Waals surface area contributed by atoms with Crippen molar-refractivity contribution >= 4 is 63.4 Å². The van der Waals surface area contributed by atoms with Crippen molar-refractivity contribution in [2.75, 3.05) is 26.9 Å². The van der Waals surface area contributed by atoms with Gasteiger partial charge in [0.15, 0.2) is 17.7 Å². The molecule has 0 aliphatic carbocycles. The molecule has 0 aromatic heterocycles. The number of aliphatic hydroxyl groups is 1. The molecule has 13 heteroatoms. The first-order chi connectivity index (χ1) is 18.7. The molecule has 210 valence electrons. The van der Waals surface area contributed by atoms with Crippen molar-refractivity contribution in [3.05, 3.63) is 59.9 Å². The molecule has 1 heterocycles. The topological polar surface area (TPSA) is 140 Å². The first-order valence-electron chi connectivity index (χ1n) is 12.0. The fraction of sp³-hybridized carbons (Fsp3) is 0.346. The van der Waals surface area contributed by atoms with Gasteiger partial charge in [-0.3, -0.25) is 5.43 Å². The minimum atomic E-state index is -1.10. The molecule has 2 atom stereocenters. The summed E-state index contributed by atoms with van der Waals surface area (Å²) in [7, 11) is 1.28. The van der Waals surface area contributed by atoms with Gasteiger partial charge in [-0.2, -0.15) is 5.10 Å². The molecule has 0 spiro atoms. The number of hydrogen-bond donors (Lipinski definition) is 4. The number of rotatable bonds is 12. The molecule has 3 rings (SSSR count). The van der Waals surface area contributed by atoms with E-state index in [2.05, 4.69) is 66.3 Å². The van der Waals surface area contributed by atoms with Crippen molar-refractivity contribution in [2.24, 2.45) is 5.10 Å². The van der Waals surface area contributed by atoms with Gasteiger partial charge in [0.05, 0.1) is 45.3 Å². The number of esters is 1. The maximum absolute atomic E-state index is 12.4. The van der Waals surface area contributed by atoms with Crippen LogP contribution in [0.5, 0.6) is 17.2 Å². The normalized spacial score (nSPS) is 15.9. The van der Waals surface area contributed by atoms with Gasteiger partial charge in [-0.15, -0.1) is 0 Å². The smallest absolute Gasteiger partial charge is 0.337 e. The molecule has 1 aliphatic heterocycles. The maximum atomic E-state index is 12.4. The van der Waals surface area contributed by atoms with Crippen LogP contribution in [0.25, 0.3) is 0 Å². The summed E-state index contributed by atoms with van der Waals surface area (Å²) in [4.78, 5) is 24.5. The Bertz CT molecular complexity index is 1250. The van der Waals surface area contributed by atoms with Crippen molar-refractivity contribution < 1.29 is 33.6 Å². The second-order valence-electron chi connectivity index (χ2n) is 8.16. The summed E-state index contributed by atoms with van der Waals surface area (Å²) in [6, 6.07) is 7.73. The average molecular weight is 764 g/mol. The summed E-state index contributed by atoms with van der Waals surface area (Å²) in [6.45, 7) is 6.20. The van der Waals surface area contributed by atoms with E-state index in [-0.39, 0.29) is 12.2 Å². The van der Waals surface area contributed by atoms with E-state index in [1.807, 2.05) is 26.0 Å². The van der Waals surface area contributed by atoms with Gasteiger partial charge in [0.2, 0.25) is 0 Å². The summed E-state index contributed by atoms with van der Waals surface area (Å²) in [5, 5.41) is 19.8. The number of nitrogens with zero attached hydrogens (tertiary/aromatic N) is 1. The van der Waals surface area contributed by atoms with E-state index in [1.165, 1.54) is 7.11 Å². The molecular weight excluding hydrogens is 734 g/mol. The molecule has 2 aromatic carbocycles. The number of ether oxygens (including phenoxy) is 4. The molecule has 39 heavy (non-hydrogen) atoms. The fourth-order valence-corrected chi connectivity index (χ4v) is 5.88. The van der Waals surface area contributed by atoms with Crippen molar-refractivity contribution in [1.82, 2.24) is 16.1 Å². The number of benzene rings is 2. The predicted molar refractivity (Wildman–Crippen MR) is 162 cm³/mol. The Morgan fingerprint density at radius 2 is 1.82 bits per heavy atom. The zero-order valence-electron chi connectivity index (χ0n) is 21.8. The van der Waals surface area contributed by atoms with Gasteiger partial charge < -0.3 is 34.7 Å². The van der Waals surface area contributed by atoms with E-state index in [4.69, 9.17) is 18.9 Å². The maximum Gasteiger partial charge on any atom is 0.337 e. The molecule has 11 nitrogen and oxygen atoms in total. The number of carbonyl (C=O) groups excluding carboxylic acids is 2. The van der Waals surface area contributed by atoms with E-state index < -0.39 is 24.3 Å². The number of allylic oxidation sites excluding steroid dienone is 1. The summed E-state index contributed by atoms with van der Waals surface area (Å²) in [6.07, 6.45) is 0.502. The molecule has 0 saturated heterocycles. The highest BCUT2D eigenvalue weighted by molar-refractivity contribution is 14.1. The highest BCUT2D eigenvalue weighted by atomic mass is 127. The first-order valence-corrected chi connectivity index (χ1v) is 14.2. The van der Waals surface area contributed by atoms with Gasteiger partial charge >= 0.3 is 12.0 Å². The number of nitrogens with one attached hydrogen (secondary N) is 3. The number of carbonyl (C=O) groups is 2. The lowest BCUT2D eigenvalue weighted by atomic mass is 9.95. The molecule has 0 saturated carbocycles. The van der Waals surface area contributed by atoms with Crippen LogP contribution in [0.15, 0.2) is 46.7 Å². The Kier molecular flexibility index (Phi) is 11.5. The van der Waals surface area contributed by atoms with Gasteiger partial charge in [0, 0.05) is 5.70 Å². The SMILES string of the molecule is CCOc1cc([C@@H]2NC(=O)NC(C)=C2C(=O)OC)ccc1OC[C@@H](O)N/N=C\c1cc(I)c(OCC)c(I)c1. The van der Waals surface area contributed by atoms with Gasteiger partial charge in [0.25, 0.3) is 0 Å². The Labute approximate surface area is 254 Å². The Hall–Kier alpha value is -2.79. The third-order valence-corrected chi connectivity index (χ3v) is 7.02.